The number of halogens is 2. The second-order valence-corrected chi connectivity index (χ2v) is 10.8. The number of carbonyl (C=O) groups excluding carboxylic acids is 1. The average molecular weight is 586 g/mol. The molecule has 1 atom stereocenters. The number of carboxylic acid groups (broad SMARTS) is 1. The van der Waals surface area contributed by atoms with Crippen molar-refractivity contribution in [1.82, 2.24) is 29.3 Å². The highest BCUT2D eigenvalue weighted by atomic mass is 19.3. The lowest BCUT2D eigenvalue weighted by atomic mass is 9.92. The second-order valence-electron chi connectivity index (χ2n) is 10.8. The molecule has 1 N–H and O–H groups in total. The third-order valence-corrected chi connectivity index (χ3v) is 8.33. The minimum Gasteiger partial charge on any atom is -0.474 e. The van der Waals surface area contributed by atoms with Crippen LogP contribution in [0.4, 0.5) is 19.5 Å². The van der Waals surface area contributed by atoms with E-state index in [4.69, 9.17) is 9.47 Å². The van der Waals surface area contributed by atoms with Crippen molar-refractivity contribution >= 4 is 29.0 Å². The predicted octanol–water partition coefficient (Wildman–Crippen LogP) is 3.49. The molecule has 0 spiro atoms. The number of hydrogen-bond donors (Lipinski definition) is 1. The Balaban J connectivity index is 1.23. The highest BCUT2D eigenvalue weighted by Crippen LogP contribution is 2.33. The van der Waals surface area contributed by atoms with E-state index in [0.717, 1.165) is 4.90 Å². The third kappa shape index (κ3) is 5.42. The minimum atomic E-state index is -2.82. The highest BCUT2D eigenvalue weighted by Gasteiger charge is 2.41. The molecule has 2 aliphatic heterocycles. The summed E-state index contributed by atoms with van der Waals surface area (Å²) in [6.45, 7) is 2.65. The van der Waals surface area contributed by atoms with Crippen LogP contribution in [-0.4, -0.2) is 105 Å². The number of likely N-dealkylation sites (tertiary alicyclic amines) is 1. The van der Waals surface area contributed by atoms with Gasteiger partial charge in [0.05, 0.1) is 24.2 Å². The van der Waals surface area contributed by atoms with Crippen molar-refractivity contribution in [2.24, 2.45) is 0 Å². The first kappa shape index (κ1) is 28.1. The molecule has 0 radical (unpaired) electrons. The Morgan fingerprint density at radius 1 is 1.07 bits per heavy atom. The van der Waals surface area contributed by atoms with Crippen LogP contribution in [-0.2, 0) is 9.53 Å². The van der Waals surface area contributed by atoms with Gasteiger partial charge in [0.1, 0.15) is 18.0 Å². The predicted molar refractivity (Wildman–Crippen MR) is 147 cm³/mol. The number of ether oxygens (including phenoxy) is 2. The van der Waals surface area contributed by atoms with Gasteiger partial charge in [0, 0.05) is 38.8 Å². The van der Waals surface area contributed by atoms with Crippen LogP contribution >= 0.6 is 0 Å². The van der Waals surface area contributed by atoms with E-state index in [2.05, 4.69) is 15.0 Å². The van der Waals surface area contributed by atoms with E-state index in [1.165, 1.54) is 11.6 Å². The summed E-state index contributed by atoms with van der Waals surface area (Å²) >= 11 is 0. The van der Waals surface area contributed by atoms with E-state index in [1.54, 1.807) is 35.2 Å². The molecule has 2 aromatic heterocycles. The van der Waals surface area contributed by atoms with Gasteiger partial charge in [-0.2, -0.15) is 9.97 Å². The maximum Gasteiger partial charge on any atom is 0.407 e. The Bertz CT molecular complexity index is 1460. The SMILES string of the molecule is CN(C(=O)O)[C@H]1CCN([C@H]2CC[C@H](Oc3cc(-n4c(C(F)F)nc5ccccc54)nc(N4CCOCC4)n3)CC2)C1=O. The van der Waals surface area contributed by atoms with Gasteiger partial charge in [-0.1, -0.05) is 12.1 Å². The molecular formula is C28H33F2N7O5. The van der Waals surface area contributed by atoms with Crippen molar-refractivity contribution in [2.45, 2.75) is 56.7 Å². The van der Waals surface area contributed by atoms with Gasteiger partial charge in [-0.25, -0.2) is 18.6 Å². The van der Waals surface area contributed by atoms with Crippen LogP contribution in [0.15, 0.2) is 30.3 Å². The molecular weight excluding hydrogens is 552 g/mol. The van der Waals surface area contributed by atoms with Crippen molar-refractivity contribution in [3.8, 4) is 11.7 Å². The van der Waals surface area contributed by atoms with Crippen LogP contribution in [0.3, 0.4) is 0 Å². The van der Waals surface area contributed by atoms with E-state index < -0.39 is 24.4 Å². The monoisotopic (exact) mass is 585 g/mol. The fourth-order valence-corrected chi connectivity index (χ4v) is 6.10. The number of morpholine rings is 1. The van der Waals surface area contributed by atoms with Gasteiger partial charge in [0.2, 0.25) is 17.7 Å². The van der Waals surface area contributed by atoms with Crippen molar-refractivity contribution in [2.75, 3.05) is 44.8 Å². The van der Waals surface area contributed by atoms with Crippen molar-refractivity contribution < 1.29 is 33.0 Å². The summed E-state index contributed by atoms with van der Waals surface area (Å²) in [4.78, 5) is 42.6. The number of amides is 2. The van der Waals surface area contributed by atoms with Crippen LogP contribution in [0.25, 0.3) is 16.9 Å². The molecule has 1 aliphatic carbocycles. The number of hydrogen-bond acceptors (Lipinski definition) is 8. The van der Waals surface area contributed by atoms with Crippen molar-refractivity contribution in [1.29, 1.82) is 0 Å². The van der Waals surface area contributed by atoms with Crippen molar-refractivity contribution in [3.05, 3.63) is 36.2 Å². The molecule has 42 heavy (non-hydrogen) atoms. The summed E-state index contributed by atoms with van der Waals surface area (Å²) in [5.74, 6) is 0.339. The number of anilines is 1. The van der Waals surface area contributed by atoms with Crippen LogP contribution in [0.2, 0.25) is 0 Å². The summed E-state index contributed by atoms with van der Waals surface area (Å²) < 4.78 is 41.4. The van der Waals surface area contributed by atoms with E-state index in [-0.39, 0.29) is 29.8 Å². The standard InChI is InChI=1S/C28H33F2N7O5/c1-34(28(39)40)21-10-11-36(26(21)38)17-6-8-18(9-7-17)42-23-16-22(32-27(33-23)35-12-14-41-15-13-35)37-20-5-3-2-4-19(20)31-25(37)24(29)30/h2-5,16-18,21,24H,6-15H2,1H3,(H,39,40)/t17-,18-,21-/m0/s1. The molecule has 2 amide bonds. The lowest BCUT2D eigenvalue weighted by Gasteiger charge is -2.35. The first-order chi connectivity index (χ1) is 20.3. The van der Waals surface area contributed by atoms with Crippen LogP contribution in [0.5, 0.6) is 5.88 Å². The molecule has 224 valence electrons. The molecule has 1 aromatic carbocycles. The van der Waals surface area contributed by atoms with Crippen molar-refractivity contribution in [3.63, 3.8) is 0 Å². The fraction of sp³-hybridized carbons (Fsp3) is 0.536. The molecule has 2 saturated heterocycles. The first-order valence-corrected chi connectivity index (χ1v) is 14.2. The Hall–Kier alpha value is -4.07. The smallest absolute Gasteiger partial charge is 0.407 e. The number of nitrogens with zero attached hydrogens (tertiary/aromatic N) is 7. The Kier molecular flexibility index (Phi) is 7.80. The number of para-hydroxylation sites is 2. The van der Waals surface area contributed by atoms with E-state index >= 15 is 0 Å². The number of likely N-dealkylation sites (N-methyl/N-ethyl adjacent to an activating group) is 1. The Morgan fingerprint density at radius 3 is 2.52 bits per heavy atom. The highest BCUT2D eigenvalue weighted by molar-refractivity contribution is 5.87. The van der Waals surface area contributed by atoms with E-state index in [1.807, 2.05) is 4.90 Å². The molecule has 0 bridgehead atoms. The largest absolute Gasteiger partial charge is 0.474 e. The fourth-order valence-electron chi connectivity index (χ4n) is 6.10. The van der Waals surface area contributed by atoms with E-state index in [9.17, 15) is 23.5 Å². The van der Waals surface area contributed by atoms with Gasteiger partial charge >= 0.3 is 6.09 Å². The zero-order valence-corrected chi connectivity index (χ0v) is 23.2. The van der Waals surface area contributed by atoms with Gasteiger partial charge in [-0.15, -0.1) is 0 Å². The molecule has 14 heteroatoms. The first-order valence-electron chi connectivity index (χ1n) is 14.2. The van der Waals surface area contributed by atoms with Gasteiger partial charge in [-0.3, -0.25) is 14.3 Å². The summed E-state index contributed by atoms with van der Waals surface area (Å²) in [6, 6.07) is 7.87. The summed E-state index contributed by atoms with van der Waals surface area (Å²) in [5, 5.41) is 9.29. The molecule has 3 fully saturated rings. The van der Waals surface area contributed by atoms with Crippen LogP contribution in [0, 0.1) is 0 Å². The lowest BCUT2D eigenvalue weighted by molar-refractivity contribution is -0.134. The minimum absolute atomic E-state index is 0.0142. The molecule has 3 aromatic rings. The number of alkyl halides is 2. The molecule has 6 rings (SSSR count). The summed E-state index contributed by atoms with van der Waals surface area (Å²) in [6.07, 6.45) is -0.904. The second kappa shape index (κ2) is 11.7. The normalized spacial score (nSPS) is 23.1. The summed E-state index contributed by atoms with van der Waals surface area (Å²) in [7, 11) is 1.43. The maximum absolute atomic E-state index is 14.1. The molecule has 0 unspecified atom stereocenters. The molecule has 12 nitrogen and oxygen atoms in total. The number of imidazole rings is 1. The number of rotatable bonds is 7. The average Bonchev–Trinajstić information content (AvgIpc) is 3.58. The Morgan fingerprint density at radius 2 is 1.81 bits per heavy atom. The van der Waals surface area contributed by atoms with Gasteiger partial charge in [-0.05, 0) is 44.2 Å². The number of benzene rings is 1. The number of aromatic nitrogens is 4. The number of fused-ring (bicyclic) bond motifs is 1. The molecule has 3 aliphatic rings. The van der Waals surface area contributed by atoms with Crippen LogP contribution in [0.1, 0.15) is 44.4 Å². The Labute approximate surface area is 240 Å². The van der Waals surface area contributed by atoms with Gasteiger partial charge in [0.25, 0.3) is 6.43 Å². The lowest BCUT2D eigenvalue weighted by Crippen LogP contribution is -2.46. The van der Waals surface area contributed by atoms with Gasteiger partial charge < -0.3 is 24.4 Å². The maximum atomic E-state index is 14.1. The topological polar surface area (TPSA) is 126 Å². The molecule has 1 saturated carbocycles. The zero-order valence-electron chi connectivity index (χ0n) is 23.2. The quantitative estimate of drug-likeness (QED) is 0.443. The molecule has 4 heterocycles. The number of carbonyl (C=O) groups is 2. The summed E-state index contributed by atoms with van der Waals surface area (Å²) in [5.41, 5.74) is 0.946. The zero-order chi connectivity index (χ0) is 29.4. The van der Waals surface area contributed by atoms with E-state index in [0.29, 0.717) is 81.9 Å². The third-order valence-electron chi connectivity index (χ3n) is 8.33. The van der Waals surface area contributed by atoms with Gasteiger partial charge in [0.15, 0.2) is 5.82 Å². The van der Waals surface area contributed by atoms with Crippen LogP contribution < -0.4 is 9.64 Å².